The molecule has 0 saturated carbocycles. The van der Waals surface area contributed by atoms with E-state index in [9.17, 15) is 5.11 Å². The summed E-state index contributed by atoms with van der Waals surface area (Å²) in [6.07, 6.45) is 0.978. The first-order valence-corrected chi connectivity index (χ1v) is 7.32. The Morgan fingerprint density at radius 1 is 1.31 bits per heavy atom. The molecular formula is C13H18INO. The largest absolute Gasteiger partial charge is 0.391 e. The summed E-state index contributed by atoms with van der Waals surface area (Å²) in [7, 11) is 0. The maximum atomic E-state index is 9.97. The van der Waals surface area contributed by atoms with Crippen molar-refractivity contribution in [3.8, 4) is 0 Å². The van der Waals surface area contributed by atoms with Crippen molar-refractivity contribution in [3.63, 3.8) is 0 Å². The molecular weight excluding hydrogens is 313 g/mol. The molecule has 2 rings (SSSR count). The van der Waals surface area contributed by atoms with Gasteiger partial charge in [0, 0.05) is 17.5 Å². The Labute approximate surface area is 111 Å². The van der Waals surface area contributed by atoms with Crippen LogP contribution in [0.1, 0.15) is 12.0 Å². The van der Waals surface area contributed by atoms with Crippen molar-refractivity contribution >= 4 is 22.6 Å². The third kappa shape index (κ3) is 3.18. The summed E-state index contributed by atoms with van der Waals surface area (Å²) in [5.74, 6) is 0.493. The fraction of sp³-hybridized carbons (Fsp3) is 0.538. The Bertz CT molecular complexity index is 317. The standard InChI is InChI=1S/C13H18INO/c14-8-12-6-7-15(10-13(12)16)9-11-4-2-1-3-5-11/h1-5,12-13,16H,6-10H2/t12-,13-/m1/s1. The van der Waals surface area contributed by atoms with Gasteiger partial charge in [-0.15, -0.1) is 0 Å². The van der Waals surface area contributed by atoms with Crippen molar-refractivity contribution in [1.29, 1.82) is 0 Å². The highest BCUT2D eigenvalue weighted by molar-refractivity contribution is 14.1. The van der Waals surface area contributed by atoms with Gasteiger partial charge in [-0.3, -0.25) is 4.90 Å². The molecule has 2 nitrogen and oxygen atoms in total. The zero-order valence-corrected chi connectivity index (χ0v) is 11.5. The summed E-state index contributed by atoms with van der Waals surface area (Å²) in [6, 6.07) is 10.5. The van der Waals surface area contributed by atoms with E-state index < -0.39 is 0 Å². The maximum absolute atomic E-state index is 9.97. The number of likely N-dealkylation sites (tertiary alicyclic amines) is 1. The minimum atomic E-state index is -0.144. The van der Waals surface area contributed by atoms with E-state index in [2.05, 4.69) is 51.8 Å². The summed E-state index contributed by atoms with van der Waals surface area (Å²) < 4.78 is 1.07. The Kier molecular flexibility index (Phi) is 4.61. The van der Waals surface area contributed by atoms with Crippen LogP contribution in [-0.4, -0.2) is 33.6 Å². The number of halogens is 1. The van der Waals surface area contributed by atoms with Crippen LogP contribution < -0.4 is 0 Å². The fourth-order valence-electron chi connectivity index (χ4n) is 2.21. The highest BCUT2D eigenvalue weighted by Crippen LogP contribution is 2.21. The number of aliphatic hydroxyl groups is 1. The van der Waals surface area contributed by atoms with E-state index in [1.165, 1.54) is 5.56 Å². The van der Waals surface area contributed by atoms with Gasteiger partial charge in [-0.2, -0.15) is 0 Å². The van der Waals surface area contributed by atoms with E-state index in [1.807, 2.05) is 6.07 Å². The molecule has 1 heterocycles. The van der Waals surface area contributed by atoms with Crippen LogP contribution in [0.4, 0.5) is 0 Å². The molecule has 0 aliphatic carbocycles. The average molecular weight is 331 g/mol. The smallest absolute Gasteiger partial charge is 0.0703 e. The van der Waals surface area contributed by atoms with E-state index in [0.717, 1.165) is 30.5 Å². The van der Waals surface area contributed by atoms with Gasteiger partial charge in [0.2, 0.25) is 0 Å². The lowest BCUT2D eigenvalue weighted by Gasteiger charge is -2.35. The number of hydrogen-bond donors (Lipinski definition) is 1. The number of β-amino-alcohol motifs (C(OH)–C–C–N with tert-alkyl or cyclic N) is 1. The van der Waals surface area contributed by atoms with Crippen LogP contribution >= 0.6 is 22.6 Å². The van der Waals surface area contributed by atoms with Crippen molar-refractivity contribution in [3.05, 3.63) is 35.9 Å². The van der Waals surface area contributed by atoms with E-state index in [0.29, 0.717) is 5.92 Å². The topological polar surface area (TPSA) is 23.5 Å². The molecule has 1 aliphatic heterocycles. The van der Waals surface area contributed by atoms with Crippen LogP contribution in [0, 0.1) is 5.92 Å². The van der Waals surface area contributed by atoms with Crippen molar-refractivity contribution in [2.45, 2.75) is 19.1 Å². The third-order valence-electron chi connectivity index (χ3n) is 3.25. The van der Waals surface area contributed by atoms with Crippen LogP contribution in [0.15, 0.2) is 30.3 Å². The highest BCUT2D eigenvalue weighted by Gasteiger charge is 2.26. The molecule has 2 atom stereocenters. The molecule has 1 aromatic carbocycles. The lowest BCUT2D eigenvalue weighted by Crippen LogP contribution is -2.43. The summed E-state index contributed by atoms with van der Waals surface area (Å²) in [4.78, 5) is 2.35. The second-order valence-electron chi connectivity index (χ2n) is 4.49. The average Bonchev–Trinajstić information content (AvgIpc) is 2.31. The van der Waals surface area contributed by atoms with Crippen LogP contribution in [-0.2, 0) is 6.54 Å². The molecule has 0 bridgehead atoms. The summed E-state index contributed by atoms with van der Waals surface area (Å²) >= 11 is 2.37. The van der Waals surface area contributed by atoms with Gasteiger partial charge in [-0.1, -0.05) is 52.9 Å². The van der Waals surface area contributed by atoms with Crippen molar-refractivity contribution in [2.75, 3.05) is 17.5 Å². The SMILES string of the molecule is O[C@@H]1CN(Cc2ccccc2)CC[C@@H]1CI. The highest BCUT2D eigenvalue weighted by atomic mass is 127. The summed E-state index contributed by atoms with van der Waals surface area (Å²) in [5.41, 5.74) is 1.34. The second kappa shape index (κ2) is 5.98. The zero-order chi connectivity index (χ0) is 11.4. The van der Waals surface area contributed by atoms with Gasteiger partial charge in [-0.25, -0.2) is 0 Å². The number of alkyl halides is 1. The molecule has 1 fully saturated rings. The Balaban J connectivity index is 1.89. The fourth-order valence-corrected chi connectivity index (χ4v) is 3.24. The van der Waals surface area contributed by atoms with Crippen molar-refractivity contribution in [2.24, 2.45) is 5.92 Å². The van der Waals surface area contributed by atoms with Gasteiger partial charge in [0.1, 0.15) is 0 Å². The van der Waals surface area contributed by atoms with Gasteiger partial charge in [0.05, 0.1) is 6.10 Å². The van der Waals surface area contributed by atoms with Crippen LogP contribution in [0.2, 0.25) is 0 Å². The maximum Gasteiger partial charge on any atom is 0.0703 e. The molecule has 3 heteroatoms. The van der Waals surface area contributed by atoms with Gasteiger partial charge >= 0.3 is 0 Å². The molecule has 0 unspecified atom stereocenters. The molecule has 1 aromatic rings. The number of rotatable bonds is 3. The number of piperidine rings is 1. The van der Waals surface area contributed by atoms with E-state index in [-0.39, 0.29) is 6.10 Å². The number of benzene rings is 1. The van der Waals surface area contributed by atoms with E-state index in [1.54, 1.807) is 0 Å². The molecule has 16 heavy (non-hydrogen) atoms. The Morgan fingerprint density at radius 3 is 2.69 bits per heavy atom. The Hall–Kier alpha value is -0.130. The van der Waals surface area contributed by atoms with Crippen LogP contribution in [0.25, 0.3) is 0 Å². The number of hydrogen-bond acceptors (Lipinski definition) is 2. The monoisotopic (exact) mass is 331 g/mol. The van der Waals surface area contributed by atoms with Crippen molar-refractivity contribution < 1.29 is 5.11 Å². The van der Waals surface area contributed by atoms with Gasteiger partial charge in [0.25, 0.3) is 0 Å². The summed E-state index contributed by atoms with van der Waals surface area (Å²) in [6.45, 7) is 2.90. The van der Waals surface area contributed by atoms with E-state index >= 15 is 0 Å². The molecule has 1 N–H and O–H groups in total. The molecule has 1 aliphatic rings. The number of nitrogens with zero attached hydrogens (tertiary/aromatic N) is 1. The summed E-state index contributed by atoms with van der Waals surface area (Å²) in [5, 5.41) is 9.97. The molecule has 88 valence electrons. The van der Waals surface area contributed by atoms with Gasteiger partial charge in [0.15, 0.2) is 0 Å². The minimum absolute atomic E-state index is 0.144. The lowest BCUT2D eigenvalue weighted by molar-refractivity contribution is 0.0288. The molecule has 0 amide bonds. The lowest BCUT2D eigenvalue weighted by atomic mass is 9.96. The Morgan fingerprint density at radius 2 is 2.06 bits per heavy atom. The van der Waals surface area contributed by atoms with Gasteiger partial charge in [-0.05, 0) is 24.4 Å². The first-order valence-electron chi connectivity index (χ1n) is 5.80. The molecule has 1 saturated heterocycles. The predicted molar refractivity (Wildman–Crippen MR) is 74.7 cm³/mol. The third-order valence-corrected chi connectivity index (χ3v) is 4.38. The molecule has 0 radical (unpaired) electrons. The first kappa shape index (κ1) is 12.3. The quantitative estimate of drug-likeness (QED) is 0.679. The normalized spacial score (nSPS) is 26.9. The minimum Gasteiger partial charge on any atom is -0.391 e. The van der Waals surface area contributed by atoms with E-state index in [4.69, 9.17) is 0 Å². The van der Waals surface area contributed by atoms with Crippen LogP contribution in [0.3, 0.4) is 0 Å². The first-order chi connectivity index (χ1) is 7.79. The predicted octanol–water partition coefficient (Wildman–Crippen LogP) is 2.30. The molecule has 0 aromatic heterocycles. The zero-order valence-electron chi connectivity index (χ0n) is 9.35. The second-order valence-corrected chi connectivity index (χ2v) is 5.37. The van der Waals surface area contributed by atoms with Crippen LogP contribution in [0.5, 0.6) is 0 Å². The number of aliphatic hydroxyl groups excluding tert-OH is 1. The van der Waals surface area contributed by atoms with Gasteiger partial charge < -0.3 is 5.11 Å². The molecule has 0 spiro atoms. The van der Waals surface area contributed by atoms with Crippen molar-refractivity contribution in [1.82, 2.24) is 4.90 Å².